The first-order valence-corrected chi connectivity index (χ1v) is 12.1. The van der Waals surface area contributed by atoms with Crippen LogP contribution in [0.1, 0.15) is 55.9 Å². The second kappa shape index (κ2) is 8.69. The predicted octanol–water partition coefficient (Wildman–Crippen LogP) is 6.44. The van der Waals surface area contributed by atoms with E-state index in [1.165, 1.54) is 34.4 Å². The number of hydrogen-bond acceptors (Lipinski definition) is 6. The van der Waals surface area contributed by atoms with Gasteiger partial charge in [0.2, 0.25) is 0 Å². The summed E-state index contributed by atoms with van der Waals surface area (Å²) in [5, 5.41) is 9.78. The summed E-state index contributed by atoms with van der Waals surface area (Å²) in [5.41, 5.74) is 3.68. The fraction of sp³-hybridized carbons (Fsp3) is 0.250. The van der Waals surface area contributed by atoms with Gasteiger partial charge in [-0.05, 0) is 79.4 Å². The normalized spacial score (nSPS) is 14.1. The lowest BCUT2D eigenvalue weighted by Gasteiger charge is -2.23. The Labute approximate surface area is 189 Å². The number of nitrogens with one attached hydrogen (secondary N) is 2. The molecule has 4 aromatic heterocycles. The number of nitrogens with zero attached hydrogens (tertiary/aromatic N) is 1. The number of rotatable bonds is 6. The zero-order chi connectivity index (χ0) is 21.2. The molecule has 0 bridgehead atoms. The summed E-state index contributed by atoms with van der Waals surface area (Å²) in [5.74, 6) is 0.930. The lowest BCUT2D eigenvalue weighted by molar-refractivity contribution is 0.0997. The molecule has 7 heteroatoms. The number of anilines is 2. The van der Waals surface area contributed by atoms with Gasteiger partial charge in [0.15, 0.2) is 5.76 Å². The van der Waals surface area contributed by atoms with Gasteiger partial charge >= 0.3 is 0 Å². The first kappa shape index (κ1) is 20.0. The fourth-order valence-electron chi connectivity index (χ4n) is 4.07. The Kier molecular flexibility index (Phi) is 5.61. The van der Waals surface area contributed by atoms with Gasteiger partial charge < -0.3 is 15.1 Å². The van der Waals surface area contributed by atoms with Crippen molar-refractivity contribution in [2.75, 3.05) is 10.6 Å². The highest BCUT2D eigenvalue weighted by Crippen LogP contribution is 2.45. The molecular weight excluding hydrogens is 426 g/mol. The van der Waals surface area contributed by atoms with Crippen molar-refractivity contribution in [1.29, 1.82) is 0 Å². The number of thiophene rings is 2. The van der Waals surface area contributed by atoms with E-state index in [2.05, 4.69) is 46.1 Å². The molecule has 0 aliphatic heterocycles. The minimum Gasteiger partial charge on any atom is -0.459 e. The molecule has 1 unspecified atom stereocenters. The van der Waals surface area contributed by atoms with Crippen molar-refractivity contribution in [3.8, 4) is 0 Å². The molecule has 158 valence electrons. The van der Waals surface area contributed by atoms with Gasteiger partial charge in [-0.3, -0.25) is 4.79 Å². The van der Waals surface area contributed by atoms with Crippen LogP contribution >= 0.6 is 22.7 Å². The van der Waals surface area contributed by atoms with Gasteiger partial charge in [0.25, 0.3) is 5.91 Å². The quantitative estimate of drug-likeness (QED) is 0.355. The van der Waals surface area contributed by atoms with Crippen molar-refractivity contribution in [3.05, 3.63) is 86.4 Å². The van der Waals surface area contributed by atoms with E-state index in [0.717, 1.165) is 34.8 Å². The fourth-order valence-corrected chi connectivity index (χ4v) is 6.17. The molecular formula is C24H23N3O2S2. The van der Waals surface area contributed by atoms with Crippen LogP contribution in [0.5, 0.6) is 0 Å². The van der Waals surface area contributed by atoms with Crippen molar-refractivity contribution < 1.29 is 9.21 Å². The van der Waals surface area contributed by atoms with Crippen molar-refractivity contribution in [1.82, 2.24) is 4.98 Å². The van der Waals surface area contributed by atoms with Crippen LogP contribution in [0.4, 0.5) is 10.8 Å². The lowest BCUT2D eigenvalue weighted by Crippen LogP contribution is -2.18. The second-order valence-electron chi connectivity index (χ2n) is 7.70. The van der Waals surface area contributed by atoms with Gasteiger partial charge in [0.05, 0.1) is 12.3 Å². The summed E-state index contributed by atoms with van der Waals surface area (Å²) in [6.07, 6.45) is 7.80. The summed E-state index contributed by atoms with van der Waals surface area (Å²) in [4.78, 5) is 19.9. The van der Waals surface area contributed by atoms with Crippen LogP contribution in [0.15, 0.2) is 58.7 Å². The maximum atomic E-state index is 12.8. The topological polar surface area (TPSA) is 67.2 Å². The number of amides is 1. The van der Waals surface area contributed by atoms with Crippen LogP contribution in [0, 0.1) is 6.92 Å². The molecule has 0 fully saturated rings. The summed E-state index contributed by atoms with van der Waals surface area (Å²) in [6.45, 7) is 2.06. The van der Waals surface area contributed by atoms with Crippen molar-refractivity contribution in [2.45, 2.75) is 38.6 Å². The molecule has 0 saturated heterocycles. The van der Waals surface area contributed by atoms with E-state index < -0.39 is 0 Å². The summed E-state index contributed by atoms with van der Waals surface area (Å²) in [7, 11) is 0. The predicted molar refractivity (Wildman–Crippen MR) is 126 cm³/mol. The number of pyridine rings is 1. The van der Waals surface area contributed by atoms with Crippen LogP contribution < -0.4 is 10.6 Å². The van der Waals surface area contributed by atoms with E-state index in [1.54, 1.807) is 34.8 Å². The van der Waals surface area contributed by atoms with Crippen LogP contribution in [0.2, 0.25) is 0 Å². The number of aromatic nitrogens is 1. The maximum Gasteiger partial charge on any atom is 0.291 e. The molecule has 2 N–H and O–H groups in total. The molecule has 5 rings (SSSR count). The van der Waals surface area contributed by atoms with Crippen LogP contribution in [-0.2, 0) is 12.8 Å². The molecule has 4 aromatic rings. The smallest absolute Gasteiger partial charge is 0.291 e. The lowest BCUT2D eigenvalue weighted by atomic mass is 9.91. The van der Waals surface area contributed by atoms with E-state index in [1.807, 2.05) is 12.3 Å². The van der Waals surface area contributed by atoms with E-state index in [-0.39, 0.29) is 11.9 Å². The molecule has 0 spiro atoms. The average molecular weight is 450 g/mol. The number of furan rings is 1. The molecule has 1 aliphatic rings. The largest absolute Gasteiger partial charge is 0.459 e. The number of carbonyl (C=O) groups excluding carboxylic acids is 1. The minimum absolute atomic E-state index is 0.0840. The number of fused-ring (bicyclic) bond motifs is 1. The number of carbonyl (C=O) groups is 1. The molecule has 31 heavy (non-hydrogen) atoms. The Morgan fingerprint density at radius 1 is 1.19 bits per heavy atom. The molecule has 0 aromatic carbocycles. The molecule has 5 nitrogen and oxygen atoms in total. The standard InChI is InChI=1S/C24H23N3O2S2/c1-15-10-11-25-20(14-15)26-22(19-9-5-13-30-19)21-16-6-2-3-8-18(16)31-24(21)27-23(28)17-7-4-12-29-17/h4-5,7,9-14,22H,2-3,6,8H2,1H3,(H,25,26)(H,27,28). The minimum atomic E-state index is -0.219. The molecule has 1 atom stereocenters. The first-order chi connectivity index (χ1) is 15.2. The highest BCUT2D eigenvalue weighted by molar-refractivity contribution is 7.16. The zero-order valence-electron chi connectivity index (χ0n) is 17.2. The van der Waals surface area contributed by atoms with E-state index in [9.17, 15) is 4.79 Å². The monoisotopic (exact) mass is 449 g/mol. The van der Waals surface area contributed by atoms with Crippen molar-refractivity contribution in [3.63, 3.8) is 0 Å². The third-order valence-electron chi connectivity index (χ3n) is 5.51. The molecule has 1 aliphatic carbocycles. The summed E-state index contributed by atoms with van der Waals surface area (Å²) < 4.78 is 5.32. The number of hydrogen-bond donors (Lipinski definition) is 2. The van der Waals surface area contributed by atoms with Gasteiger partial charge in [0.1, 0.15) is 10.8 Å². The second-order valence-corrected chi connectivity index (χ2v) is 9.78. The van der Waals surface area contributed by atoms with Crippen LogP contribution in [0.3, 0.4) is 0 Å². The third kappa shape index (κ3) is 4.16. The molecule has 0 saturated carbocycles. The van der Waals surface area contributed by atoms with Gasteiger partial charge in [0, 0.05) is 21.5 Å². The molecule has 4 heterocycles. The Hall–Kier alpha value is -2.90. The van der Waals surface area contributed by atoms with Gasteiger partial charge in [-0.25, -0.2) is 4.98 Å². The average Bonchev–Trinajstić information content (AvgIpc) is 3.53. The Bertz CT molecular complexity index is 1180. The van der Waals surface area contributed by atoms with E-state index >= 15 is 0 Å². The van der Waals surface area contributed by atoms with E-state index in [0.29, 0.717) is 5.76 Å². The van der Waals surface area contributed by atoms with Crippen molar-refractivity contribution in [2.24, 2.45) is 0 Å². The van der Waals surface area contributed by atoms with Gasteiger partial charge in [-0.2, -0.15) is 0 Å². The van der Waals surface area contributed by atoms with Gasteiger partial charge in [-0.15, -0.1) is 22.7 Å². The van der Waals surface area contributed by atoms with E-state index in [4.69, 9.17) is 4.42 Å². The van der Waals surface area contributed by atoms with Crippen LogP contribution in [-0.4, -0.2) is 10.9 Å². The Morgan fingerprint density at radius 2 is 2.10 bits per heavy atom. The highest BCUT2D eigenvalue weighted by atomic mass is 32.1. The Morgan fingerprint density at radius 3 is 2.87 bits per heavy atom. The SMILES string of the molecule is Cc1ccnc(NC(c2cccs2)c2c(NC(=O)c3ccco3)sc3c2CCCC3)c1. The summed E-state index contributed by atoms with van der Waals surface area (Å²) >= 11 is 3.41. The first-order valence-electron chi connectivity index (χ1n) is 10.4. The number of aryl methyl sites for hydroxylation is 2. The summed E-state index contributed by atoms with van der Waals surface area (Å²) in [6, 6.07) is 11.6. The molecule has 1 amide bonds. The molecule has 0 radical (unpaired) electrons. The van der Waals surface area contributed by atoms with Crippen molar-refractivity contribution >= 4 is 39.4 Å². The Balaban J connectivity index is 1.59. The third-order valence-corrected chi connectivity index (χ3v) is 7.67. The zero-order valence-corrected chi connectivity index (χ0v) is 18.8. The highest BCUT2D eigenvalue weighted by Gasteiger charge is 2.29. The maximum absolute atomic E-state index is 12.8. The van der Waals surface area contributed by atoms with Gasteiger partial charge in [-0.1, -0.05) is 6.07 Å². The van der Waals surface area contributed by atoms with Crippen LogP contribution in [0.25, 0.3) is 0 Å².